The van der Waals surface area contributed by atoms with Gasteiger partial charge in [0.2, 0.25) is 5.78 Å². The first-order valence-electron chi connectivity index (χ1n) is 8.27. The van der Waals surface area contributed by atoms with E-state index in [0.29, 0.717) is 12.3 Å². The van der Waals surface area contributed by atoms with Gasteiger partial charge in [-0.05, 0) is 25.0 Å². The van der Waals surface area contributed by atoms with Crippen LogP contribution in [0, 0.1) is 0 Å². The molecule has 23 heavy (non-hydrogen) atoms. The number of hydrogen-bond acceptors (Lipinski definition) is 4. The molecular formula is C17H22N4OS. The first-order valence-corrected chi connectivity index (χ1v) is 9.26. The monoisotopic (exact) mass is 330 g/mol. The summed E-state index contributed by atoms with van der Waals surface area (Å²) in [5, 5.41) is 10.3. The van der Waals surface area contributed by atoms with Gasteiger partial charge in [0.05, 0.1) is 10.9 Å². The quantitative estimate of drug-likeness (QED) is 0.489. The van der Waals surface area contributed by atoms with Gasteiger partial charge in [-0.15, -0.1) is 10.2 Å². The van der Waals surface area contributed by atoms with Gasteiger partial charge in [0, 0.05) is 12.3 Å². The third-order valence-corrected chi connectivity index (χ3v) is 4.96. The van der Waals surface area contributed by atoms with Crippen LogP contribution in [-0.2, 0) is 6.54 Å². The van der Waals surface area contributed by atoms with Crippen LogP contribution in [-0.4, -0.2) is 24.9 Å². The Kier molecular flexibility index (Phi) is 5.00. The van der Waals surface area contributed by atoms with Gasteiger partial charge in [-0.3, -0.25) is 13.8 Å². The van der Waals surface area contributed by atoms with Crippen molar-refractivity contribution in [2.75, 3.05) is 5.75 Å². The highest BCUT2D eigenvalue weighted by Gasteiger charge is 2.16. The number of fused-ring (bicyclic) bond motifs is 3. The first-order chi connectivity index (χ1) is 11.3. The van der Waals surface area contributed by atoms with Crippen LogP contribution in [0.15, 0.2) is 34.2 Å². The van der Waals surface area contributed by atoms with Crippen LogP contribution in [0.5, 0.6) is 0 Å². The van der Waals surface area contributed by atoms with Crippen molar-refractivity contribution in [2.45, 2.75) is 51.2 Å². The number of nitrogens with zero attached hydrogens (tertiary/aromatic N) is 4. The second kappa shape index (κ2) is 7.17. The molecular weight excluding hydrogens is 308 g/mol. The minimum absolute atomic E-state index is 0.0269. The molecule has 0 spiro atoms. The highest BCUT2D eigenvalue weighted by Crippen LogP contribution is 2.22. The Balaban J connectivity index is 2.21. The van der Waals surface area contributed by atoms with Gasteiger partial charge in [-0.25, -0.2) is 0 Å². The van der Waals surface area contributed by atoms with Crippen molar-refractivity contribution in [1.82, 2.24) is 19.2 Å². The van der Waals surface area contributed by atoms with E-state index in [0.717, 1.165) is 47.5 Å². The van der Waals surface area contributed by atoms with Crippen LogP contribution >= 0.6 is 11.8 Å². The van der Waals surface area contributed by atoms with E-state index in [2.05, 4.69) is 24.0 Å². The van der Waals surface area contributed by atoms with E-state index in [1.807, 2.05) is 28.7 Å². The van der Waals surface area contributed by atoms with E-state index < -0.39 is 0 Å². The van der Waals surface area contributed by atoms with E-state index >= 15 is 0 Å². The van der Waals surface area contributed by atoms with Crippen molar-refractivity contribution in [2.24, 2.45) is 0 Å². The summed E-state index contributed by atoms with van der Waals surface area (Å²) in [6.45, 7) is 4.99. The van der Waals surface area contributed by atoms with Gasteiger partial charge < -0.3 is 0 Å². The molecule has 0 saturated carbocycles. The molecule has 3 aromatic rings. The molecule has 0 aliphatic rings. The van der Waals surface area contributed by atoms with Gasteiger partial charge in [-0.2, -0.15) is 0 Å². The normalized spacial score (nSPS) is 11.6. The van der Waals surface area contributed by atoms with Gasteiger partial charge in [0.15, 0.2) is 5.16 Å². The minimum atomic E-state index is 0.0269. The number of aryl methyl sites for hydroxylation is 1. The van der Waals surface area contributed by atoms with Gasteiger partial charge >= 0.3 is 0 Å². The molecule has 0 atom stereocenters. The molecule has 3 rings (SSSR count). The van der Waals surface area contributed by atoms with Crippen LogP contribution in [0.4, 0.5) is 0 Å². The summed E-state index contributed by atoms with van der Waals surface area (Å²) in [6, 6.07) is 7.73. The van der Waals surface area contributed by atoms with Crippen molar-refractivity contribution in [1.29, 1.82) is 0 Å². The molecule has 0 fully saturated rings. The molecule has 0 radical (unpaired) electrons. The van der Waals surface area contributed by atoms with Crippen molar-refractivity contribution in [3.8, 4) is 0 Å². The smallest absolute Gasteiger partial charge is 0.262 e. The van der Waals surface area contributed by atoms with E-state index in [1.54, 1.807) is 16.3 Å². The molecule has 0 aliphatic heterocycles. The van der Waals surface area contributed by atoms with Gasteiger partial charge in [-0.1, -0.05) is 50.6 Å². The molecule has 2 aromatic heterocycles. The number of para-hydroxylation sites is 1. The highest BCUT2D eigenvalue weighted by molar-refractivity contribution is 7.99. The lowest BCUT2D eigenvalue weighted by Gasteiger charge is -2.10. The predicted molar refractivity (Wildman–Crippen MR) is 95.3 cm³/mol. The fraction of sp³-hybridized carbons (Fsp3) is 0.471. The van der Waals surface area contributed by atoms with Crippen molar-refractivity contribution >= 4 is 28.4 Å². The fourth-order valence-corrected chi connectivity index (χ4v) is 3.68. The number of thioether (sulfide) groups is 1. The fourth-order valence-electron chi connectivity index (χ4n) is 2.65. The molecule has 5 nitrogen and oxygen atoms in total. The molecule has 2 heterocycles. The Hall–Kier alpha value is -1.82. The molecule has 0 unspecified atom stereocenters. The van der Waals surface area contributed by atoms with Crippen molar-refractivity contribution in [3.63, 3.8) is 0 Å². The third kappa shape index (κ3) is 3.00. The molecule has 0 amide bonds. The maximum absolute atomic E-state index is 12.8. The molecule has 0 saturated heterocycles. The van der Waals surface area contributed by atoms with Crippen LogP contribution in [0.25, 0.3) is 16.7 Å². The summed E-state index contributed by atoms with van der Waals surface area (Å²) >= 11 is 1.71. The molecule has 122 valence electrons. The second-order valence-corrected chi connectivity index (χ2v) is 6.71. The Morgan fingerprint density at radius 3 is 2.65 bits per heavy atom. The molecule has 6 heteroatoms. The Morgan fingerprint density at radius 1 is 1.09 bits per heavy atom. The number of unbranched alkanes of at least 4 members (excludes halogenated alkanes) is 2. The summed E-state index contributed by atoms with van der Waals surface area (Å²) in [6.07, 6.45) is 4.30. The maximum atomic E-state index is 12.8. The van der Waals surface area contributed by atoms with Crippen LogP contribution in [0.2, 0.25) is 0 Å². The zero-order chi connectivity index (χ0) is 16.2. The first kappa shape index (κ1) is 16.1. The van der Waals surface area contributed by atoms with Crippen LogP contribution in [0.3, 0.4) is 0 Å². The predicted octanol–water partition coefficient (Wildman–Crippen LogP) is 3.74. The SMILES string of the molecule is CCCCSc1nnc2n(CCCC)c(=O)c3ccccc3n12. The molecule has 0 aliphatic carbocycles. The number of benzene rings is 1. The zero-order valence-corrected chi connectivity index (χ0v) is 14.5. The molecule has 1 aromatic carbocycles. The summed E-state index contributed by atoms with van der Waals surface area (Å²) in [5.74, 6) is 1.67. The summed E-state index contributed by atoms with van der Waals surface area (Å²) < 4.78 is 3.80. The topological polar surface area (TPSA) is 52.2 Å². The minimum Gasteiger partial charge on any atom is -0.276 e. The van der Waals surface area contributed by atoms with Crippen molar-refractivity contribution < 1.29 is 0 Å². The number of hydrogen-bond donors (Lipinski definition) is 0. The Morgan fingerprint density at radius 2 is 1.87 bits per heavy atom. The Labute approximate surface area is 139 Å². The summed E-state index contributed by atoms with van der Waals surface area (Å²) in [5.41, 5.74) is 0.920. The second-order valence-electron chi connectivity index (χ2n) is 5.65. The van der Waals surface area contributed by atoms with Gasteiger partial charge in [0.1, 0.15) is 0 Å². The van der Waals surface area contributed by atoms with Crippen molar-refractivity contribution in [3.05, 3.63) is 34.6 Å². The highest BCUT2D eigenvalue weighted by atomic mass is 32.2. The van der Waals surface area contributed by atoms with E-state index in [-0.39, 0.29) is 5.56 Å². The standard InChI is InChI=1S/C17H22N4OS/c1-3-5-11-20-15(22)13-9-7-8-10-14(13)21-16(20)18-19-17(21)23-12-6-4-2/h7-10H,3-6,11-12H2,1-2H3. The average Bonchev–Trinajstić information content (AvgIpc) is 2.99. The zero-order valence-electron chi connectivity index (χ0n) is 13.7. The third-order valence-electron chi connectivity index (χ3n) is 3.94. The molecule has 0 N–H and O–H groups in total. The van der Waals surface area contributed by atoms with E-state index in [4.69, 9.17) is 0 Å². The average molecular weight is 330 g/mol. The van der Waals surface area contributed by atoms with E-state index in [1.165, 1.54) is 0 Å². The lowest BCUT2D eigenvalue weighted by Crippen LogP contribution is -2.23. The van der Waals surface area contributed by atoms with Crippen LogP contribution in [0.1, 0.15) is 39.5 Å². The maximum Gasteiger partial charge on any atom is 0.262 e. The summed E-state index contributed by atoms with van der Waals surface area (Å²) in [7, 11) is 0. The van der Waals surface area contributed by atoms with E-state index in [9.17, 15) is 4.79 Å². The number of aromatic nitrogens is 4. The lowest BCUT2D eigenvalue weighted by atomic mass is 10.2. The largest absolute Gasteiger partial charge is 0.276 e. The number of rotatable bonds is 7. The van der Waals surface area contributed by atoms with Crippen LogP contribution < -0.4 is 5.56 Å². The summed E-state index contributed by atoms with van der Waals surface area (Å²) in [4.78, 5) is 12.8. The molecule has 0 bridgehead atoms. The van der Waals surface area contributed by atoms with Gasteiger partial charge in [0.25, 0.3) is 5.56 Å². The Bertz CT molecular complexity index is 868. The lowest BCUT2D eigenvalue weighted by molar-refractivity contribution is 0.620.